The lowest BCUT2D eigenvalue weighted by Crippen LogP contribution is -2.08. The minimum Gasteiger partial charge on any atom is -0.491 e. The minimum atomic E-state index is -0.520. The fourth-order valence-electron chi connectivity index (χ4n) is 1.98. The molecule has 0 radical (unpaired) electrons. The van der Waals surface area contributed by atoms with Crippen molar-refractivity contribution in [3.8, 4) is 11.5 Å². The third-order valence-electron chi connectivity index (χ3n) is 2.69. The van der Waals surface area contributed by atoms with E-state index in [0.717, 1.165) is 5.39 Å². The SMILES string of the molecule is COC(=O)c1cc2c(OC(C)C)cc(OC(C)C)cc2o1. The molecule has 21 heavy (non-hydrogen) atoms. The van der Waals surface area contributed by atoms with Crippen molar-refractivity contribution >= 4 is 16.9 Å². The Labute approximate surface area is 123 Å². The molecule has 0 fully saturated rings. The van der Waals surface area contributed by atoms with Crippen LogP contribution in [0.3, 0.4) is 0 Å². The maximum atomic E-state index is 11.6. The highest BCUT2D eigenvalue weighted by molar-refractivity contribution is 5.95. The molecule has 0 aliphatic rings. The van der Waals surface area contributed by atoms with E-state index in [2.05, 4.69) is 4.74 Å². The number of carbonyl (C=O) groups is 1. The van der Waals surface area contributed by atoms with Gasteiger partial charge in [0.15, 0.2) is 0 Å². The summed E-state index contributed by atoms with van der Waals surface area (Å²) in [5, 5.41) is 0.722. The largest absolute Gasteiger partial charge is 0.491 e. The summed E-state index contributed by atoms with van der Waals surface area (Å²) in [6.07, 6.45) is 0.0309. The first-order valence-electron chi connectivity index (χ1n) is 6.90. The standard InChI is InChI=1S/C16H20O5/c1-9(2)19-11-6-13(20-10(3)4)12-8-15(16(17)18-5)21-14(12)7-11/h6-10H,1-5H3. The van der Waals surface area contributed by atoms with Crippen LogP contribution in [0.15, 0.2) is 22.6 Å². The maximum Gasteiger partial charge on any atom is 0.373 e. The second-order valence-electron chi connectivity index (χ2n) is 5.27. The molecule has 5 heteroatoms. The monoisotopic (exact) mass is 292 g/mol. The van der Waals surface area contributed by atoms with Crippen LogP contribution in [-0.4, -0.2) is 25.3 Å². The van der Waals surface area contributed by atoms with Crippen LogP contribution < -0.4 is 9.47 Å². The van der Waals surface area contributed by atoms with Crippen molar-refractivity contribution in [2.75, 3.05) is 7.11 Å². The molecular weight excluding hydrogens is 272 g/mol. The number of furan rings is 1. The Hall–Kier alpha value is -2.17. The molecule has 0 saturated carbocycles. The van der Waals surface area contributed by atoms with E-state index in [4.69, 9.17) is 13.9 Å². The topological polar surface area (TPSA) is 57.9 Å². The summed E-state index contributed by atoms with van der Waals surface area (Å²) in [5.41, 5.74) is 0.532. The third kappa shape index (κ3) is 3.48. The zero-order valence-electron chi connectivity index (χ0n) is 12.9. The van der Waals surface area contributed by atoms with E-state index >= 15 is 0 Å². The van der Waals surface area contributed by atoms with Gasteiger partial charge in [-0.1, -0.05) is 0 Å². The molecule has 1 aromatic carbocycles. The summed E-state index contributed by atoms with van der Waals surface area (Å²) in [5.74, 6) is 0.881. The molecule has 0 bridgehead atoms. The quantitative estimate of drug-likeness (QED) is 0.785. The summed E-state index contributed by atoms with van der Waals surface area (Å²) in [6, 6.07) is 5.17. The Morgan fingerprint density at radius 2 is 1.71 bits per heavy atom. The zero-order chi connectivity index (χ0) is 15.6. The van der Waals surface area contributed by atoms with Crippen molar-refractivity contribution < 1.29 is 23.4 Å². The van der Waals surface area contributed by atoms with Crippen LogP contribution >= 0.6 is 0 Å². The highest BCUT2D eigenvalue weighted by Gasteiger charge is 2.17. The van der Waals surface area contributed by atoms with E-state index in [1.165, 1.54) is 7.11 Å². The van der Waals surface area contributed by atoms with Gasteiger partial charge in [0.25, 0.3) is 0 Å². The molecule has 5 nitrogen and oxygen atoms in total. The number of rotatable bonds is 5. The average Bonchev–Trinajstić information content (AvgIpc) is 2.80. The van der Waals surface area contributed by atoms with Crippen LogP contribution in [0.1, 0.15) is 38.2 Å². The van der Waals surface area contributed by atoms with E-state index in [0.29, 0.717) is 17.1 Å². The van der Waals surface area contributed by atoms with Gasteiger partial charge in [-0.15, -0.1) is 0 Å². The zero-order valence-corrected chi connectivity index (χ0v) is 12.9. The first kappa shape index (κ1) is 15.2. The van der Waals surface area contributed by atoms with Crippen LogP contribution in [0.25, 0.3) is 11.0 Å². The van der Waals surface area contributed by atoms with Gasteiger partial charge in [0.05, 0.1) is 24.7 Å². The smallest absolute Gasteiger partial charge is 0.373 e. The number of hydrogen-bond donors (Lipinski definition) is 0. The fraction of sp³-hybridized carbons (Fsp3) is 0.438. The number of ether oxygens (including phenoxy) is 3. The predicted octanol–water partition coefficient (Wildman–Crippen LogP) is 3.79. The van der Waals surface area contributed by atoms with Gasteiger partial charge < -0.3 is 18.6 Å². The Morgan fingerprint density at radius 1 is 1.05 bits per heavy atom. The lowest BCUT2D eigenvalue weighted by atomic mass is 10.2. The molecule has 0 unspecified atom stereocenters. The number of carbonyl (C=O) groups excluding carboxylic acids is 1. The summed E-state index contributed by atoms with van der Waals surface area (Å²) in [4.78, 5) is 11.6. The van der Waals surface area contributed by atoms with Gasteiger partial charge in [-0.25, -0.2) is 4.79 Å². The molecular formula is C16H20O5. The number of benzene rings is 1. The molecule has 0 aliphatic carbocycles. The molecule has 1 aromatic heterocycles. The summed E-state index contributed by atoms with van der Waals surface area (Å²) >= 11 is 0. The predicted molar refractivity (Wildman–Crippen MR) is 79.1 cm³/mol. The van der Waals surface area contributed by atoms with E-state index in [1.54, 1.807) is 18.2 Å². The van der Waals surface area contributed by atoms with Crippen molar-refractivity contribution in [1.29, 1.82) is 0 Å². The Morgan fingerprint density at radius 3 is 2.29 bits per heavy atom. The van der Waals surface area contributed by atoms with Crippen molar-refractivity contribution in [2.45, 2.75) is 39.9 Å². The third-order valence-corrected chi connectivity index (χ3v) is 2.69. The maximum absolute atomic E-state index is 11.6. The number of hydrogen-bond acceptors (Lipinski definition) is 5. The van der Waals surface area contributed by atoms with Gasteiger partial charge in [0, 0.05) is 18.2 Å². The number of methoxy groups -OCH3 is 1. The highest BCUT2D eigenvalue weighted by atomic mass is 16.5. The summed E-state index contributed by atoms with van der Waals surface area (Å²) in [7, 11) is 1.31. The lowest BCUT2D eigenvalue weighted by Gasteiger charge is -2.14. The van der Waals surface area contributed by atoms with Gasteiger partial charge in [-0.3, -0.25) is 0 Å². The van der Waals surface area contributed by atoms with Crippen molar-refractivity contribution in [1.82, 2.24) is 0 Å². The van der Waals surface area contributed by atoms with Gasteiger partial charge in [-0.2, -0.15) is 0 Å². The highest BCUT2D eigenvalue weighted by Crippen LogP contribution is 2.34. The Balaban J connectivity index is 2.53. The van der Waals surface area contributed by atoms with Gasteiger partial charge in [-0.05, 0) is 27.7 Å². The molecule has 114 valence electrons. The summed E-state index contributed by atoms with van der Waals surface area (Å²) < 4.78 is 21.7. The van der Waals surface area contributed by atoms with Crippen LogP contribution in [0.5, 0.6) is 11.5 Å². The van der Waals surface area contributed by atoms with Crippen LogP contribution in [0.2, 0.25) is 0 Å². The molecule has 0 atom stereocenters. The number of fused-ring (bicyclic) bond motifs is 1. The summed E-state index contributed by atoms with van der Waals surface area (Å²) in [6.45, 7) is 7.75. The second-order valence-corrected chi connectivity index (χ2v) is 5.27. The molecule has 0 saturated heterocycles. The van der Waals surface area contributed by atoms with Gasteiger partial charge in [0.2, 0.25) is 5.76 Å². The first-order valence-corrected chi connectivity index (χ1v) is 6.90. The lowest BCUT2D eigenvalue weighted by molar-refractivity contribution is 0.0567. The minimum absolute atomic E-state index is 0.000948. The molecule has 1 heterocycles. The van der Waals surface area contributed by atoms with Crippen molar-refractivity contribution in [3.63, 3.8) is 0 Å². The van der Waals surface area contributed by atoms with Gasteiger partial charge >= 0.3 is 5.97 Å². The van der Waals surface area contributed by atoms with E-state index in [9.17, 15) is 4.79 Å². The van der Waals surface area contributed by atoms with E-state index in [1.807, 2.05) is 27.7 Å². The van der Waals surface area contributed by atoms with E-state index < -0.39 is 5.97 Å². The van der Waals surface area contributed by atoms with Gasteiger partial charge in [0.1, 0.15) is 17.1 Å². The molecule has 0 aliphatic heterocycles. The normalized spacial score (nSPS) is 11.2. The first-order chi connectivity index (χ1) is 9.90. The van der Waals surface area contributed by atoms with Crippen molar-refractivity contribution in [3.05, 3.63) is 24.0 Å². The van der Waals surface area contributed by atoms with E-state index in [-0.39, 0.29) is 18.0 Å². The fourth-order valence-corrected chi connectivity index (χ4v) is 1.98. The molecule has 0 amide bonds. The Bertz CT molecular complexity index is 639. The molecule has 2 rings (SSSR count). The second kappa shape index (κ2) is 6.08. The van der Waals surface area contributed by atoms with Crippen LogP contribution in [-0.2, 0) is 4.74 Å². The van der Waals surface area contributed by atoms with Crippen LogP contribution in [0.4, 0.5) is 0 Å². The number of esters is 1. The Kier molecular flexibility index (Phi) is 4.40. The molecule has 0 spiro atoms. The molecule has 2 aromatic rings. The van der Waals surface area contributed by atoms with Crippen LogP contribution in [0, 0.1) is 0 Å². The molecule has 0 N–H and O–H groups in total. The average molecular weight is 292 g/mol. The van der Waals surface area contributed by atoms with Crippen molar-refractivity contribution in [2.24, 2.45) is 0 Å².